The summed E-state index contributed by atoms with van der Waals surface area (Å²) in [7, 11) is 0. The highest BCUT2D eigenvalue weighted by Gasteiger charge is 2.22. The van der Waals surface area contributed by atoms with Crippen LogP contribution in [0.2, 0.25) is 0 Å². The van der Waals surface area contributed by atoms with Crippen molar-refractivity contribution in [2.75, 3.05) is 0 Å². The quantitative estimate of drug-likeness (QED) is 0.553. The average Bonchev–Trinajstić information content (AvgIpc) is 3.29. The molecule has 0 aromatic carbocycles. The maximum absolute atomic E-state index is 12.8. The Hall–Kier alpha value is -3.75. The number of amides is 1. The zero-order valence-electron chi connectivity index (χ0n) is 16.3. The molecule has 1 atom stereocenters. The number of hydrogen-bond donors (Lipinski definition) is 1. The van der Waals surface area contributed by atoms with Crippen molar-refractivity contribution < 1.29 is 4.79 Å². The summed E-state index contributed by atoms with van der Waals surface area (Å²) in [5, 5.41) is 7.62. The molecule has 152 valence electrons. The molecule has 4 aromatic rings. The van der Waals surface area contributed by atoms with Crippen LogP contribution in [0.25, 0.3) is 5.65 Å². The van der Waals surface area contributed by atoms with Crippen LogP contribution in [-0.2, 0) is 19.5 Å². The molecule has 0 saturated heterocycles. The van der Waals surface area contributed by atoms with E-state index < -0.39 is 0 Å². The summed E-state index contributed by atoms with van der Waals surface area (Å²) in [6.45, 7) is 0.939. The average molecular weight is 403 g/mol. The summed E-state index contributed by atoms with van der Waals surface area (Å²) < 4.78 is 5.07. The first-order chi connectivity index (χ1) is 14.7. The van der Waals surface area contributed by atoms with E-state index in [0.717, 1.165) is 23.5 Å². The first kappa shape index (κ1) is 18.3. The number of carbonyl (C=O) groups is 1. The van der Waals surface area contributed by atoms with Crippen molar-refractivity contribution in [1.29, 1.82) is 0 Å². The fourth-order valence-electron chi connectivity index (χ4n) is 3.86. The molecule has 9 heteroatoms. The zero-order chi connectivity index (χ0) is 20.5. The Balaban J connectivity index is 1.27. The highest BCUT2D eigenvalue weighted by Crippen LogP contribution is 2.14. The second-order valence-corrected chi connectivity index (χ2v) is 7.48. The largest absolute Gasteiger partial charge is 0.349 e. The van der Waals surface area contributed by atoms with Crippen molar-refractivity contribution in [3.8, 4) is 0 Å². The Morgan fingerprint density at radius 1 is 1.20 bits per heavy atom. The minimum absolute atomic E-state index is 0.0126. The van der Waals surface area contributed by atoms with E-state index in [1.807, 2.05) is 28.9 Å². The highest BCUT2D eigenvalue weighted by atomic mass is 16.2. The van der Waals surface area contributed by atoms with Crippen LogP contribution in [0, 0.1) is 0 Å². The van der Waals surface area contributed by atoms with Gasteiger partial charge >= 0.3 is 5.69 Å². The summed E-state index contributed by atoms with van der Waals surface area (Å²) >= 11 is 0. The van der Waals surface area contributed by atoms with Crippen LogP contribution in [0.15, 0.2) is 60.0 Å². The predicted molar refractivity (Wildman–Crippen MR) is 109 cm³/mol. The lowest BCUT2D eigenvalue weighted by atomic mass is 10.1. The molecular weight excluding hydrogens is 382 g/mol. The van der Waals surface area contributed by atoms with E-state index in [2.05, 4.69) is 20.4 Å². The summed E-state index contributed by atoms with van der Waals surface area (Å²) in [5.41, 5.74) is 2.13. The molecule has 5 heterocycles. The molecule has 30 heavy (non-hydrogen) atoms. The van der Waals surface area contributed by atoms with Gasteiger partial charge in [-0.3, -0.25) is 14.3 Å². The smallest absolute Gasteiger partial charge is 0.346 e. The SMILES string of the molecule is O=C(NC1CCc2nn(Cc3cccnc3)c(=O)n2CC1)c1ccn2ccnc2c1. The molecule has 0 radical (unpaired) electrons. The highest BCUT2D eigenvalue weighted by molar-refractivity contribution is 5.95. The normalized spacial score (nSPS) is 16.2. The molecular formula is C21H21N7O2. The van der Waals surface area contributed by atoms with E-state index >= 15 is 0 Å². The van der Waals surface area contributed by atoms with E-state index in [9.17, 15) is 9.59 Å². The standard InChI is InChI=1S/C21H21N7O2/c29-20(16-5-9-26-11-8-23-19(26)12-16)24-17-3-4-18-25-28(21(30)27(18)10-6-17)14-15-2-1-7-22-13-15/h1-2,5,7-9,11-13,17H,3-4,6,10,14H2,(H,24,29). The van der Waals surface area contributed by atoms with Crippen LogP contribution in [-0.4, -0.2) is 40.7 Å². The number of hydrogen-bond acceptors (Lipinski definition) is 5. The third-order valence-electron chi connectivity index (χ3n) is 5.47. The Morgan fingerprint density at radius 2 is 2.13 bits per heavy atom. The van der Waals surface area contributed by atoms with E-state index in [1.54, 1.807) is 35.3 Å². The number of carbonyl (C=O) groups excluding carboxylic acids is 1. The Bertz CT molecular complexity index is 1260. The van der Waals surface area contributed by atoms with Crippen molar-refractivity contribution in [2.24, 2.45) is 0 Å². The summed E-state index contributed by atoms with van der Waals surface area (Å²) in [5.74, 6) is 0.637. The van der Waals surface area contributed by atoms with Crippen molar-refractivity contribution in [3.63, 3.8) is 0 Å². The monoisotopic (exact) mass is 403 g/mol. The molecule has 9 nitrogen and oxygen atoms in total. The van der Waals surface area contributed by atoms with Crippen LogP contribution >= 0.6 is 0 Å². The third kappa shape index (κ3) is 3.49. The van der Waals surface area contributed by atoms with E-state index in [4.69, 9.17) is 0 Å². The van der Waals surface area contributed by atoms with Crippen LogP contribution < -0.4 is 11.0 Å². The van der Waals surface area contributed by atoms with Crippen molar-refractivity contribution in [2.45, 2.75) is 38.4 Å². The van der Waals surface area contributed by atoms with Gasteiger partial charge in [0.2, 0.25) is 0 Å². The molecule has 4 aromatic heterocycles. The van der Waals surface area contributed by atoms with Crippen LogP contribution in [0.3, 0.4) is 0 Å². The number of aryl methyl sites for hydroxylation is 1. The lowest BCUT2D eigenvalue weighted by Gasteiger charge is -2.16. The van der Waals surface area contributed by atoms with E-state index in [-0.39, 0.29) is 17.6 Å². The first-order valence-corrected chi connectivity index (χ1v) is 9.96. The van der Waals surface area contributed by atoms with Gasteiger partial charge in [-0.25, -0.2) is 14.5 Å². The molecule has 0 fully saturated rings. The topological polar surface area (TPSA) is 99.1 Å². The predicted octanol–water partition coefficient (Wildman–Crippen LogP) is 1.27. The lowest BCUT2D eigenvalue weighted by molar-refractivity contribution is 0.0933. The van der Waals surface area contributed by atoms with Gasteiger partial charge in [0, 0.05) is 55.6 Å². The minimum Gasteiger partial charge on any atom is -0.349 e. The van der Waals surface area contributed by atoms with Crippen LogP contribution in [0.5, 0.6) is 0 Å². The van der Waals surface area contributed by atoms with Gasteiger partial charge in [0.25, 0.3) is 5.91 Å². The molecule has 1 amide bonds. The van der Waals surface area contributed by atoms with Gasteiger partial charge in [0.15, 0.2) is 0 Å². The fourth-order valence-corrected chi connectivity index (χ4v) is 3.86. The molecule has 0 saturated carbocycles. The second kappa shape index (κ2) is 7.58. The summed E-state index contributed by atoms with van der Waals surface area (Å²) in [4.78, 5) is 33.8. The number of nitrogens with one attached hydrogen (secondary N) is 1. The summed E-state index contributed by atoms with van der Waals surface area (Å²) in [6, 6.07) is 7.31. The molecule has 0 spiro atoms. The van der Waals surface area contributed by atoms with E-state index in [0.29, 0.717) is 31.5 Å². The van der Waals surface area contributed by atoms with Gasteiger partial charge in [-0.2, -0.15) is 5.10 Å². The van der Waals surface area contributed by atoms with Gasteiger partial charge in [-0.15, -0.1) is 0 Å². The Labute approximate surface area is 172 Å². The number of fused-ring (bicyclic) bond motifs is 2. The second-order valence-electron chi connectivity index (χ2n) is 7.48. The van der Waals surface area contributed by atoms with Gasteiger partial charge in [-0.05, 0) is 36.6 Å². The zero-order valence-corrected chi connectivity index (χ0v) is 16.3. The Morgan fingerprint density at radius 3 is 3.00 bits per heavy atom. The molecule has 1 aliphatic heterocycles. The number of aromatic nitrogens is 6. The molecule has 0 aliphatic carbocycles. The van der Waals surface area contributed by atoms with Crippen molar-refractivity contribution >= 4 is 11.6 Å². The molecule has 1 aliphatic rings. The maximum atomic E-state index is 12.8. The number of imidazole rings is 1. The van der Waals surface area contributed by atoms with Gasteiger partial charge in [-0.1, -0.05) is 6.07 Å². The molecule has 0 bridgehead atoms. The summed E-state index contributed by atoms with van der Waals surface area (Å²) in [6.07, 6.45) is 10.9. The fraction of sp³-hybridized carbons (Fsp3) is 0.286. The molecule has 1 N–H and O–H groups in total. The number of rotatable bonds is 4. The Kier molecular flexibility index (Phi) is 4.62. The van der Waals surface area contributed by atoms with Crippen molar-refractivity contribution in [3.05, 3.63) is 82.7 Å². The molecule has 1 unspecified atom stereocenters. The number of pyridine rings is 2. The van der Waals surface area contributed by atoms with Gasteiger partial charge in [0.1, 0.15) is 11.5 Å². The maximum Gasteiger partial charge on any atom is 0.346 e. The minimum atomic E-state index is -0.126. The van der Waals surface area contributed by atoms with Crippen molar-refractivity contribution in [1.82, 2.24) is 34.0 Å². The third-order valence-corrected chi connectivity index (χ3v) is 5.47. The molecule has 5 rings (SSSR count). The lowest BCUT2D eigenvalue weighted by Crippen LogP contribution is -2.36. The number of nitrogens with zero attached hydrogens (tertiary/aromatic N) is 6. The van der Waals surface area contributed by atoms with E-state index in [1.165, 1.54) is 4.68 Å². The van der Waals surface area contributed by atoms with Gasteiger partial charge < -0.3 is 9.72 Å². The van der Waals surface area contributed by atoms with Crippen LogP contribution in [0.1, 0.15) is 34.6 Å². The first-order valence-electron chi connectivity index (χ1n) is 9.96. The van der Waals surface area contributed by atoms with Crippen LogP contribution in [0.4, 0.5) is 0 Å². The van der Waals surface area contributed by atoms with Gasteiger partial charge in [0.05, 0.1) is 6.54 Å².